The Balaban J connectivity index is 4.58. The zero-order chi connectivity index (χ0) is 16.8. The van der Waals surface area contributed by atoms with Crippen molar-refractivity contribution in [2.75, 3.05) is 13.2 Å². The molecule has 4 unspecified atom stereocenters. The lowest BCUT2D eigenvalue weighted by molar-refractivity contribution is 0.228. The number of aliphatic hydroxyl groups excluding tert-OH is 2. The number of azo groups is 1. The number of hydrogen-bond donors (Lipinski definition) is 2. The minimum Gasteiger partial charge on any atom is -0.394 e. The smallest absolute Gasteiger partial charge is 0.0951 e. The Hall–Kier alpha value is -1.50. The number of rotatable bonds is 12. The summed E-state index contributed by atoms with van der Waals surface area (Å²) in [5, 5.41) is 45.0. The molecule has 6 nitrogen and oxygen atoms in total. The van der Waals surface area contributed by atoms with Gasteiger partial charge in [0.15, 0.2) is 0 Å². The molecule has 0 aromatic heterocycles. The van der Waals surface area contributed by atoms with Crippen LogP contribution in [-0.2, 0) is 0 Å². The van der Waals surface area contributed by atoms with E-state index >= 15 is 0 Å². The standard InChI is InChI=1S/C16H28N4O2/c1-3-5-13(9-17)7-15(11-21)19-20-16(12-22)8-14(10-18)6-4-2/h13-16,21-22H,3-8,11-12H2,1-2H3. The lowest BCUT2D eigenvalue weighted by Crippen LogP contribution is -2.18. The molecule has 124 valence electrons. The van der Waals surface area contributed by atoms with Crippen LogP contribution in [0.5, 0.6) is 0 Å². The molecular weight excluding hydrogens is 280 g/mol. The monoisotopic (exact) mass is 308 g/mol. The summed E-state index contributed by atoms with van der Waals surface area (Å²) in [5.74, 6) is -0.277. The first-order chi connectivity index (χ1) is 10.6. The van der Waals surface area contributed by atoms with E-state index in [1.807, 2.05) is 13.8 Å². The Labute approximate surface area is 133 Å². The molecule has 0 aromatic carbocycles. The summed E-state index contributed by atoms with van der Waals surface area (Å²) in [5.41, 5.74) is 0. The van der Waals surface area contributed by atoms with Crippen molar-refractivity contribution in [3.8, 4) is 12.1 Å². The molecule has 0 aliphatic rings. The highest BCUT2D eigenvalue weighted by molar-refractivity contribution is 4.87. The van der Waals surface area contributed by atoms with Crippen LogP contribution in [0.15, 0.2) is 10.2 Å². The molecule has 0 bridgehead atoms. The largest absolute Gasteiger partial charge is 0.394 e. The third-order valence-electron chi connectivity index (χ3n) is 3.57. The summed E-state index contributed by atoms with van der Waals surface area (Å²) in [4.78, 5) is 0. The molecule has 0 amide bonds. The van der Waals surface area contributed by atoms with Crippen LogP contribution in [-0.4, -0.2) is 35.5 Å². The van der Waals surface area contributed by atoms with Crippen molar-refractivity contribution < 1.29 is 10.2 Å². The molecule has 6 heteroatoms. The molecule has 0 radical (unpaired) electrons. The number of nitrogens with zero attached hydrogens (tertiary/aromatic N) is 4. The zero-order valence-corrected chi connectivity index (χ0v) is 13.6. The Kier molecular flexibility index (Phi) is 12.3. The van der Waals surface area contributed by atoms with Gasteiger partial charge in [0, 0.05) is 11.8 Å². The first-order valence-corrected chi connectivity index (χ1v) is 8.05. The van der Waals surface area contributed by atoms with Gasteiger partial charge in [0.05, 0.1) is 37.4 Å². The van der Waals surface area contributed by atoms with Crippen LogP contribution in [0.2, 0.25) is 0 Å². The Morgan fingerprint density at radius 2 is 1.18 bits per heavy atom. The number of hydrogen-bond acceptors (Lipinski definition) is 6. The minimum absolute atomic E-state index is 0.138. The molecule has 0 heterocycles. The van der Waals surface area contributed by atoms with E-state index in [9.17, 15) is 10.2 Å². The molecule has 22 heavy (non-hydrogen) atoms. The minimum atomic E-state index is -0.419. The van der Waals surface area contributed by atoms with Crippen molar-refractivity contribution in [1.29, 1.82) is 10.5 Å². The van der Waals surface area contributed by atoms with Gasteiger partial charge in [0.1, 0.15) is 0 Å². The molecule has 0 aliphatic heterocycles. The summed E-state index contributed by atoms with van der Waals surface area (Å²) in [7, 11) is 0. The summed E-state index contributed by atoms with van der Waals surface area (Å²) in [6.07, 6.45) is 4.32. The molecule has 0 saturated carbocycles. The van der Waals surface area contributed by atoms with Crippen molar-refractivity contribution in [3.05, 3.63) is 0 Å². The summed E-state index contributed by atoms with van der Waals surface area (Å²) in [6, 6.07) is 3.61. The van der Waals surface area contributed by atoms with Gasteiger partial charge in [0.25, 0.3) is 0 Å². The fourth-order valence-electron chi connectivity index (χ4n) is 2.33. The van der Waals surface area contributed by atoms with E-state index in [0.717, 1.165) is 25.7 Å². The second kappa shape index (κ2) is 13.2. The highest BCUT2D eigenvalue weighted by atomic mass is 16.3. The molecule has 2 N–H and O–H groups in total. The average molecular weight is 308 g/mol. The molecule has 0 saturated heterocycles. The Morgan fingerprint density at radius 1 is 0.818 bits per heavy atom. The van der Waals surface area contributed by atoms with E-state index in [0.29, 0.717) is 12.8 Å². The van der Waals surface area contributed by atoms with E-state index in [2.05, 4.69) is 22.4 Å². The first-order valence-electron chi connectivity index (χ1n) is 8.05. The van der Waals surface area contributed by atoms with Gasteiger partial charge in [-0.05, 0) is 25.7 Å². The maximum atomic E-state index is 9.36. The lowest BCUT2D eigenvalue weighted by atomic mass is 9.97. The highest BCUT2D eigenvalue weighted by Gasteiger charge is 2.17. The van der Waals surface area contributed by atoms with Gasteiger partial charge in [-0.15, -0.1) is 0 Å². The molecule has 0 aliphatic carbocycles. The van der Waals surface area contributed by atoms with Gasteiger partial charge in [-0.3, -0.25) is 0 Å². The number of nitriles is 2. The third-order valence-corrected chi connectivity index (χ3v) is 3.57. The van der Waals surface area contributed by atoms with Crippen molar-refractivity contribution in [1.82, 2.24) is 0 Å². The van der Waals surface area contributed by atoms with Gasteiger partial charge in [0.2, 0.25) is 0 Å². The Morgan fingerprint density at radius 3 is 1.41 bits per heavy atom. The predicted molar refractivity (Wildman–Crippen MR) is 83.9 cm³/mol. The molecule has 4 atom stereocenters. The average Bonchev–Trinajstić information content (AvgIpc) is 2.55. The van der Waals surface area contributed by atoms with Crippen molar-refractivity contribution in [2.24, 2.45) is 22.1 Å². The summed E-state index contributed by atoms with van der Waals surface area (Å²) in [6.45, 7) is 3.69. The second-order valence-electron chi connectivity index (χ2n) is 5.60. The van der Waals surface area contributed by atoms with Crippen LogP contribution in [0, 0.1) is 34.5 Å². The normalized spacial score (nSPS) is 16.6. The molecular formula is C16H28N4O2. The van der Waals surface area contributed by atoms with Crippen LogP contribution in [0.3, 0.4) is 0 Å². The van der Waals surface area contributed by atoms with Gasteiger partial charge in [-0.25, -0.2) is 0 Å². The fraction of sp³-hybridized carbons (Fsp3) is 0.875. The van der Waals surface area contributed by atoms with Gasteiger partial charge < -0.3 is 10.2 Å². The van der Waals surface area contributed by atoms with E-state index in [4.69, 9.17) is 10.5 Å². The maximum absolute atomic E-state index is 9.36. The maximum Gasteiger partial charge on any atom is 0.0951 e. The van der Waals surface area contributed by atoms with Crippen molar-refractivity contribution in [2.45, 2.75) is 64.5 Å². The highest BCUT2D eigenvalue weighted by Crippen LogP contribution is 2.18. The second-order valence-corrected chi connectivity index (χ2v) is 5.60. The van der Waals surface area contributed by atoms with Crippen LogP contribution in [0.4, 0.5) is 0 Å². The number of aliphatic hydroxyl groups is 2. The van der Waals surface area contributed by atoms with Gasteiger partial charge >= 0.3 is 0 Å². The summed E-state index contributed by atoms with van der Waals surface area (Å²) >= 11 is 0. The Bertz CT molecular complexity index is 351. The van der Waals surface area contributed by atoms with Gasteiger partial charge in [-0.2, -0.15) is 20.8 Å². The quantitative estimate of drug-likeness (QED) is 0.540. The van der Waals surface area contributed by atoms with Crippen LogP contribution in [0.1, 0.15) is 52.4 Å². The van der Waals surface area contributed by atoms with Gasteiger partial charge in [-0.1, -0.05) is 26.7 Å². The summed E-state index contributed by atoms with van der Waals surface area (Å²) < 4.78 is 0. The van der Waals surface area contributed by atoms with E-state index in [-0.39, 0.29) is 25.0 Å². The predicted octanol–water partition coefficient (Wildman–Crippen LogP) is 2.82. The zero-order valence-electron chi connectivity index (χ0n) is 13.6. The van der Waals surface area contributed by atoms with Crippen LogP contribution < -0.4 is 0 Å². The van der Waals surface area contributed by atoms with E-state index < -0.39 is 12.1 Å². The van der Waals surface area contributed by atoms with E-state index in [1.165, 1.54) is 0 Å². The molecule has 0 fully saturated rings. The third kappa shape index (κ3) is 8.71. The molecule has 0 spiro atoms. The first kappa shape index (κ1) is 20.5. The fourth-order valence-corrected chi connectivity index (χ4v) is 2.33. The topological polar surface area (TPSA) is 113 Å². The van der Waals surface area contributed by atoms with Crippen molar-refractivity contribution in [3.63, 3.8) is 0 Å². The van der Waals surface area contributed by atoms with Crippen LogP contribution >= 0.6 is 0 Å². The van der Waals surface area contributed by atoms with Crippen LogP contribution in [0.25, 0.3) is 0 Å². The van der Waals surface area contributed by atoms with Crippen molar-refractivity contribution >= 4 is 0 Å². The SMILES string of the molecule is CCCC(C#N)CC(CO)N=NC(CO)CC(C#N)CCC. The van der Waals surface area contributed by atoms with E-state index in [1.54, 1.807) is 0 Å². The molecule has 0 aromatic rings. The molecule has 0 rings (SSSR count). The lowest BCUT2D eigenvalue weighted by Gasteiger charge is -2.15.